The molecule has 2 aromatic rings. The first-order valence-corrected chi connectivity index (χ1v) is 6.88. The standard InChI is InChI=1S/C14H18BrN3O/c1-9-5-6-13(12(15)7-9)16-8-11-10(2)17-18(3)14(11)19-4/h5-7,16H,8H2,1-4H3. The van der Waals surface area contributed by atoms with Crippen molar-refractivity contribution in [1.82, 2.24) is 9.78 Å². The van der Waals surface area contributed by atoms with Crippen molar-refractivity contribution in [1.29, 1.82) is 0 Å². The van der Waals surface area contributed by atoms with Crippen LogP contribution in [0.5, 0.6) is 5.88 Å². The van der Waals surface area contributed by atoms with Crippen molar-refractivity contribution in [2.75, 3.05) is 12.4 Å². The van der Waals surface area contributed by atoms with Crippen LogP contribution in [0.3, 0.4) is 0 Å². The largest absolute Gasteiger partial charge is 0.481 e. The lowest BCUT2D eigenvalue weighted by molar-refractivity contribution is 0.370. The summed E-state index contributed by atoms with van der Waals surface area (Å²) in [4.78, 5) is 0. The van der Waals surface area contributed by atoms with E-state index in [0.29, 0.717) is 6.54 Å². The first kappa shape index (κ1) is 13.9. The van der Waals surface area contributed by atoms with Crippen molar-refractivity contribution < 1.29 is 4.74 Å². The van der Waals surface area contributed by atoms with Crippen molar-refractivity contribution in [2.45, 2.75) is 20.4 Å². The summed E-state index contributed by atoms with van der Waals surface area (Å²) in [5.74, 6) is 0.799. The van der Waals surface area contributed by atoms with Gasteiger partial charge in [0.2, 0.25) is 5.88 Å². The number of benzene rings is 1. The van der Waals surface area contributed by atoms with Crippen LogP contribution < -0.4 is 10.1 Å². The van der Waals surface area contributed by atoms with Crippen molar-refractivity contribution in [3.63, 3.8) is 0 Å². The molecule has 1 aromatic heterocycles. The Morgan fingerprint density at radius 3 is 2.74 bits per heavy atom. The van der Waals surface area contributed by atoms with Gasteiger partial charge in [0.15, 0.2) is 0 Å². The first-order chi connectivity index (χ1) is 9.02. The molecular formula is C14H18BrN3O. The summed E-state index contributed by atoms with van der Waals surface area (Å²) in [6, 6.07) is 6.24. The van der Waals surface area contributed by atoms with E-state index in [-0.39, 0.29) is 0 Å². The summed E-state index contributed by atoms with van der Waals surface area (Å²) >= 11 is 3.57. The fourth-order valence-corrected chi connectivity index (χ4v) is 2.72. The van der Waals surface area contributed by atoms with E-state index >= 15 is 0 Å². The van der Waals surface area contributed by atoms with E-state index in [9.17, 15) is 0 Å². The second kappa shape index (κ2) is 5.65. The summed E-state index contributed by atoms with van der Waals surface area (Å²) in [5.41, 5.74) is 4.36. The Hall–Kier alpha value is -1.49. The molecule has 102 valence electrons. The van der Waals surface area contributed by atoms with E-state index in [4.69, 9.17) is 4.74 Å². The van der Waals surface area contributed by atoms with Gasteiger partial charge in [-0.15, -0.1) is 0 Å². The van der Waals surface area contributed by atoms with Gasteiger partial charge in [-0.3, -0.25) is 0 Å². The number of methoxy groups -OCH3 is 1. The molecule has 0 atom stereocenters. The minimum atomic E-state index is 0.685. The maximum absolute atomic E-state index is 5.38. The molecule has 0 fully saturated rings. The Kier molecular flexibility index (Phi) is 4.14. The van der Waals surface area contributed by atoms with Crippen LogP contribution in [-0.4, -0.2) is 16.9 Å². The Bertz CT molecular complexity index is 593. The highest BCUT2D eigenvalue weighted by atomic mass is 79.9. The normalized spacial score (nSPS) is 10.6. The Balaban J connectivity index is 2.19. The van der Waals surface area contributed by atoms with Crippen LogP contribution in [0, 0.1) is 13.8 Å². The Labute approximate surface area is 121 Å². The second-order valence-corrected chi connectivity index (χ2v) is 5.39. The van der Waals surface area contributed by atoms with Crippen molar-refractivity contribution in [3.8, 4) is 5.88 Å². The van der Waals surface area contributed by atoms with Gasteiger partial charge in [0.25, 0.3) is 0 Å². The number of nitrogens with one attached hydrogen (secondary N) is 1. The average Bonchev–Trinajstić information content (AvgIpc) is 2.62. The third kappa shape index (κ3) is 2.92. The molecule has 0 saturated carbocycles. The lowest BCUT2D eigenvalue weighted by atomic mass is 10.2. The highest BCUT2D eigenvalue weighted by Gasteiger charge is 2.13. The molecule has 19 heavy (non-hydrogen) atoms. The second-order valence-electron chi connectivity index (χ2n) is 4.53. The van der Waals surface area contributed by atoms with Crippen LogP contribution in [0.2, 0.25) is 0 Å². The van der Waals surface area contributed by atoms with Crippen LogP contribution in [0.25, 0.3) is 0 Å². The molecule has 1 heterocycles. The number of aromatic nitrogens is 2. The van der Waals surface area contributed by atoms with E-state index in [1.54, 1.807) is 11.8 Å². The molecule has 0 amide bonds. The lowest BCUT2D eigenvalue weighted by Gasteiger charge is -2.10. The molecule has 0 aliphatic rings. The summed E-state index contributed by atoms with van der Waals surface area (Å²) in [6.07, 6.45) is 0. The molecule has 0 bridgehead atoms. The van der Waals surface area contributed by atoms with E-state index in [1.807, 2.05) is 14.0 Å². The zero-order valence-electron chi connectivity index (χ0n) is 11.6. The van der Waals surface area contributed by atoms with Gasteiger partial charge in [-0.2, -0.15) is 5.10 Å². The number of nitrogens with zero attached hydrogens (tertiary/aromatic N) is 2. The Morgan fingerprint density at radius 1 is 1.37 bits per heavy atom. The monoisotopic (exact) mass is 323 g/mol. The highest BCUT2D eigenvalue weighted by molar-refractivity contribution is 9.10. The first-order valence-electron chi connectivity index (χ1n) is 6.09. The molecular weight excluding hydrogens is 306 g/mol. The van der Waals surface area contributed by atoms with Crippen molar-refractivity contribution in [2.24, 2.45) is 7.05 Å². The quantitative estimate of drug-likeness (QED) is 0.937. The van der Waals surface area contributed by atoms with Crippen LogP contribution in [0.4, 0.5) is 5.69 Å². The van der Waals surface area contributed by atoms with Gasteiger partial charge in [-0.05, 0) is 47.5 Å². The molecule has 0 saturated heterocycles. The SMILES string of the molecule is COc1c(CNc2ccc(C)cc2Br)c(C)nn1C. The third-order valence-electron chi connectivity index (χ3n) is 3.06. The van der Waals surface area contributed by atoms with Gasteiger partial charge >= 0.3 is 0 Å². The van der Waals surface area contributed by atoms with Crippen LogP contribution in [0.15, 0.2) is 22.7 Å². The van der Waals surface area contributed by atoms with Gasteiger partial charge < -0.3 is 10.1 Å². The molecule has 1 N–H and O–H groups in total. The maximum Gasteiger partial charge on any atom is 0.216 e. The number of aryl methyl sites for hydroxylation is 3. The van der Waals surface area contributed by atoms with E-state index in [0.717, 1.165) is 27.3 Å². The number of anilines is 1. The predicted molar refractivity (Wildman–Crippen MR) is 80.7 cm³/mol. The maximum atomic E-state index is 5.38. The number of ether oxygens (including phenoxy) is 1. The average molecular weight is 324 g/mol. The fourth-order valence-electron chi connectivity index (χ4n) is 2.09. The predicted octanol–water partition coefficient (Wildman–Crippen LogP) is 3.42. The van der Waals surface area contributed by atoms with Gasteiger partial charge in [0.05, 0.1) is 18.4 Å². The molecule has 2 rings (SSSR count). The van der Waals surface area contributed by atoms with Crippen LogP contribution in [-0.2, 0) is 13.6 Å². The number of halogens is 1. The molecule has 0 spiro atoms. The molecule has 0 unspecified atom stereocenters. The third-order valence-corrected chi connectivity index (χ3v) is 3.72. The molecule has 0 aliphatic carbocycles. The smallest absolute Gasteiger partial charge is 0.216 e. The van der Waals surface area contributed by atoms with Gasteiger partial charge in [0, 0.05) is 23.8 Å². The van der Waals surface area contributed by atoms with Crippen LogP contribution in [0.1, 0.15) is 16.8 Å². The van der Waals surface area contributed by atoms with E-state index in [1.165, 1.54) is 5.56 Å². The molecule has 1 aromatic carbocycles. The van der Waals surface area contributed by atoms with Gasteiger partial charge in [-0.1, -0.05) is 6.07 Å². The summed E-state index contributed by atoms with van der Waals surface area (Å²) in [7, 11) is 3.55. The minimum Gasteiger partial charge on any atom is -0.481 e. The molecule has 0 radical (unpaired) electrons. The summed E-state index contributed by atoms with van der Waals surface area (Å²) in [5, 5.41) is 7.78. The lowest BCUT2D eigenvalue weighted by Crippen LogP contribution is -2.03. The number of hydrogen-bond acceptors (Lipinski definition) is 3. The fraction of sp³-hybridized carbons (Fsp3) is 0.357. The van der Waals surface area contributed by atoms with Crippen molar-refractivity contribution in [3.05, 3.63) is 39.5 Å². The zero-order valence-corrected chi connectivity index (χ0v) is 13.2. The van der Waals surface area contributed by atoms with Gasteiger partial charge in [0.1, 0.15) is 0 Å². The number of hydrogen-bond donors (Lipinski definition) is 1. The number of rotatable bonds is 4. The summed E-state index contributed by atoms with van der Waals surface area (Å²) in [6.45, 7) is 4.75. The molecule has 0 aliphatic heterocycles. The zero-order chi connectivity index (χ0) is 14.0. The molecule has 5 heteroatoms. The topological polar surface area (TPSA) is 39.1 Å². The Morgan fingerprint density at radius 2 is 2.11 bits per heavy atom. The summed E-state index contributed by atoms with van der Waals surface area (Å²) < 4.78 is 8.21. The van der Waals surface area contributed by atoms with E-state index < -0.39 is 0 Å². The highest BCUT2D eigenvalue weighted by Crippen LogP contribution is 2.26. The van der Waals surface area contributed by atoms with Crippen LogP contribution >= 0.6 is 15.9 Å². The van der Waals surface area contributed by atoms with E-state index in [2.05, 4.69) is 51.5 Å². The van der Waals surface area contributed by atoms with Gasteiger partial charge in [-0.25, -0.2) is 4.68 Å². The minimum absolute atomic E-state index is 0.685. The van der Waals surface area contributed by atoms with Crippen molar-refractivity contribution >= 4 is 21.6 Å². The molecule has 4 nitrogen and oxygen atoms in total.